The zero-order valence-electron chi connectivity index (χ0n) is 19.0. The Morgan fingerprint density at radius 1 is 0.968 bits per heavy atom. The highest BCUT2D eigenvalue weighted by atomic mass is 16.5. The Hall–Kier alpha value is -2.79. The lowest BCUT2D eigenvalue weighted by Crippen LogP contribution is -2.22. The molecule has 0 fully saturated rings. The zero-order valence-corrected chi connectivity index (χ0v) is 19.0. The summed E-state index contributed by atoms with van der Waals surface area (Å²) in [5.41, 5.74) is 3.76. The van der Waals surface area contributed by atoms with Crippen LogP contribution < -0.4 is 10.1 Å². The topological polar surface area (TPSA) is 57.6 Å². The molecule has 0 radical (unpaired) electrons. The van der Waals surface area contributed by atoms with Gasteiger partial charge < -0.3 is 15.2 Å². The monoisotopic (exact) mass is 421 g/mol. The molecule has 0 saturated carbocycles. The number of anilines is 2. The fraction of sp³-hybridized carbons (Fsp3) is 0.423. The molecule has 1 aromatic heterocycles. The number of phenols is 1. The first kappa shape index (κ1) is 22.9. The maximum Gasteiger partial charge on any atom is 0.121 e. The minimum atomic E-state index is 0.331. The molecule has 0 aliphatic rings. The molecule has 31 heavy (non-hydrogen) atoms. The van der Waals surface area contributed by atoms with Crippen molar-refractivity contribution in [1.29, 1.82) is 0 Å². The van der Waals surface area contributed by atoms with Crippen molar-refractivity contribution in [2.45, 2.75) is 53.0 Å². The molecule has 3 rings (SSSR count). The Morgan fingerprint density at radius 3 is 2.58 bits per heavy atom. The second kappa shape index (κ2) is 11.6. The van der Waals surface area contributed by atoms with Crippen LogP contribution >= 0.6 is 0 Å². The van der Waals surface area contributed by atoms with Crippen LogP contribution in [0.1, 0.15) is 52.0 Å². The molecule has 0 aliphatic carbocycles. The number of phenolic OH excluding ortho intramolecular Hbond substituents is 1. The molecule has 0 aliphatic heterocycles. The quantitative estimate of drug-likeness (QED) is 0.259. The maximum atomic E-state index is 10.3. The van der Waals surface area contributed by atoms with Crippen LogP contribution in [0.4, 0.5) is 11.4 Å². The number of nitrogens with zero attached hydrogens (tertiary/aromatic N) is 2. The third-order valence-corrected chi connectivity index (χ3v) is 5.63. The lowest BCUT2D eigenvalue weighted by atomic mass is 10.1. The standard InChI is InChI=1S/C26H35N3O2/c1-4-7-8-9-16-31-22-11-12-23-24(14-15-27-25(23)18-22)28-21-10-13-26(30)20(17-21)19-29(5-2)6-3/h10-15,17-18,30H,4-9,16,19H2,1-3H3,(H,27,28). The van der Waals surface area contributed by atoms with Crippen molar-refractivity contribution in [3.05, 3.63) is 54.2 Å². The van der Waals surface area contributed by atoms with Crippen molar-refractivity contribution in [1.82, 2.24) is 9.88 Å². The van der Waals surface area contributed by atoms with Crippen LogP contribution in [0.15, 0.2) is 48.7 Å². The first-order chi connectivity index (χ1) is 15.1. The van der Waals surface area contributed by atoms with Crippen molar-refractivity contribution in [3.63, 3.8) is 0 Å². The van der Waals surface area contributed by atoms with E-state index in [1.54, 1.807) is 6.07 Å². The average molecular weight is 422 g/mol. The van der Waals surface area contributed by atoms with Gasteiger partial charge in [-0.2, -0.15) is 0 Å². The Morgan fingerprint density at radius 2 is 1.81 bits per heavy atom. The van der Waals surface area contributed by atoms with E-state index in [2.05, 4.69) is 42.0 Å². The van der Waals surface area contributed by atoms with Gasteiger partial charge in [-0.25, -0.2) is 0 Å². The van der Waals surface area contributed by atoms with Crippen LogP contribution in [0.3, 0.4) is 0 Å². The van der Waals surface area contributed by atoms with Gasteiger partial charge in [0, 0.05) is 41.1 Å². The highest BCUT2D eigenvalue weighted by Crippen LogP contribution is 2.30. The number of benzene rings is 2. The third-order valence-electron chi connectivity index (χ3n) is 5.63. The number of aromatic nitrogens is 1. The fourth-order valence-corrected chi connectivity index (χ4v) is 3.68. The van der Waals surface area contributed by atoms with Gasteiger partial charge >= 0.3 is 0 Å². The van der Waals surface area contributed by atoms with Gasteiger partial charge in [0.25, 0.3) is 0 Å². The van der Waals surface area contributed by atoms with Gasteiger partial charge in [0.15, 0.2) is 0 Å². The van der Waals surface area contributed by atoms with Crippen LogP contribution in [0.25, 0.3) is 10.9 Å². The molecule has 0 unspecified atom stereocenters. The molecule has 2 aromatic carbocycles. The summed E-state index contributed by atoms with van der Waals surface area (Å²) in [5, 5.41) is 14.8. The molecule has 166 valence electrons. The second-order valence-corrected chi connectivity index (χ2v) is 7.88. The molecule has 0 bridgehead atoms. The van der Waals surface area contributed by atoms with E-state index in [1.807, 2.05) is 36.5 Å². The number of unbranched alkanes of at least 4 members (excludes halogenated alkanes) is 3. The Balaban J connectivity index is 1.74. The third kappa shape index (κ3) is 6.34. The molecular weight excluding hydrogens is 386 g/mol. The van der Waals surface area contributed by atoms with Crippen LogP contribution in [-0.2, 0) is 6.54 Å². The van der Waals surface area contributed by atoms with E-state index in [0.717, 1.165) is 66.3 Å². The van der Waals surface area contributed by atoms with Crippen molar-refractivity contribution in [3.8, 4) is 11.5 Å². The van der Waals surface area contributed by atoms with Gasteiger partial charge in [-0.1, -0.05) is 40.0 Å². The number of aromatic hydroxyl groups is 1. The Labute approximate surface area is 186 Å². The molecule has 2 N–H and O–H groups in total. The van der Waals surface area contributed by atoms with E-state index < -0.39 is 0 Å². The van der Waals surface area contributed by atoms with Crippen LogP contribution in [0.5, 0.6) is 11.5 Å². The van der Waals surface area contributed by atoms with Crippen LogP contribution in [-0.4, -0.2) is 34.7 Å². The van der Waals surface area contributed by atoms with Crippen LogP contribution in [0.2, 0.25) is 0 Å². The number of ether oxygens (including phenoxy) is 1. The smallest absolute Gasteiger partial charge is 0.121 e. The summed E-state index contributed by atoms with van der Waals surface area (Å²) in [5.74, 6) is 1.19. The molecule has 0 saturated heterocycles. The maximum absolute atomic E-state index is 10.3. The van der Waals surface area contributed by atoms with E-state index in [4.69, 9.17) is 4.74 Å². The summed E-state index contributed by atoms with van der Waals surface area (Å²) in [6, 6.07) is 13.7. The molecule has 0 spiro atoms. The number of hydrogen-bond donors (Lipinski definition) is 2. The highest BCUT2D eigenvalue weighted by Gasteiger charge is 2.09. The van der Waals surface area contributed by atoms with Gasteiger partial charge in [-0.15, -0.1) is 0 Å². The number of rotatable bonds is 12. The lowest BCUT2D eigenvalue weighted by molar-refractivity contribution is 0.291. The minimum Gasteiger partial charge on any atom is -0.508 e. The van der Waals surface area contributed by atoms with E-state index in [1.165, 1.54) is 19.3 Å². The zero-order chi connectivity index (χ0) is 22.1. The van der Waals surface area contributed by atoms with E-state index in [0.29, 0.717) is 5.75 Å². The fourth-order valence-electron chi connectivity index (χ4n) is 3.68. The summed E-state index contributed by atoms with van der Waals surface area (Å²) in [7, 11) is 0. The second-order valence-electron chi connectivity index (χ2n) is 7.88. The SMILES string of the molecule is CCCCCCOc1ccc2c(Nc3ccc(O)c(CN(CC)CC)c3)ccnc2c1. The highest BCUT2D eigenvalue weighted by molar-refractivity contribution is 5.93. The largest absolute Gasteiger partial charge is 0.508 e. The summed E-state index contributed by atoms with van der Waals surface area (Å²) in [6.45, 7) is 9.85. The number of hydrogen-bond acceptors (Lipinski definition) is 5. The molecule has 0 amide bonds. The van der Waals surface area contributed by atoms with Gasteiger partial charge in [0.2, 0.25) is 0 Å². The van der Waals surface area contributed by atoms with Crippen molar-refractivity contribution >= 4 is 22.3 Å². The predicted octanol–water partition coefficient (Wildman–Crippen LogP) is 6.48. The van der Waals surface area contributed by atoms with Crippen molar-refractivity contribution < 1.29 is 9.84 Å². The molecule has 5 heteroatoms. The van der Waals surface area contributed by atoms with E-state index in [-0.39, 0.29) is 0 Å². The summed E-state index contributed by atoms with van der Waals surface area (Å²) >= 11 is 0. The number of pyridine rings is 1. The summed E-state index contributed by atoms with van der Waals surface area (Å²) < 4.78 is 5.91. The van der Waals surface area contributed by atoms with Gasteiger partial charge in [-0.05, 0) is 55.9 Å². The first-order valence-corrected chi connectivity index (χ1v) is 11.5. The molecular formula is C26H35N3O2. The molecule has 0 atom stereocenters. The lowest BCUT2D eigenvalue weighted by Gasteiger charge is -2.19. The number of nitrogens with one attached hydrogen (secondary N) is 1. The average Bonchev–Trinajstić information content (AvgIpc) is 2.79. The number of fused-ring (bicyclic) bond motifs is 1. The first-order valence-electron chi connectivity index (χ1n) is 11.5. The molecule has 5 nitrogen and oxygen atoms in total. The van der Waals surface area contributed by atoms with E-state index in [9.17, 15) is 5.11 Å². The predicted molar refractivity (Wildman–Crippen MR) is 129 cm³/mol. The van der Waals surface area contributed by atoms with Gasteiger partial charge in [-0.3, -0.25) is 9.88 Å². The van der Waals surface area contributed by atoms with Crippen LogP contribution in [0, 0.1) is 0 Å². The molecule has 3 aromatic rings. The van der Waals surface area contributed by atoms with E-state index >= 15 is 0 Å². The Bertz CT molecular complexity index is 970. The van der Waals surface area contributed by atoms with Gasteiger partial charge in [0.1, 0.15) is 11.5 Å². The van der Waals surface area contributed by atoms with Gasteiger partial charge in [0.05, 0.1) is 12.1 Å². The Kier molecular flexibility index (Phi) is 8.53. The van der Waals surface area contributed by atoms with Crippen molar-refractivity contribution in [2.75, 3.05) is 25.0 Å². The molecule has 1 heterocycles. The summed E-state index contributed by atoms with van der Waals surface area (Å²) in [4.78, 5) is 6.81. The minimum absolute atomic E-state index is 0.331. The summed E-state index contributed by atoms with van der Waals surface area (Å²) in [6.07, 6.45) is 6.59. The van der Waals surface area contributed by atoms with Crippen molar-refractivity contribution in [2.24, 2.45) is 0 Å². The normalized spacial score (nSPS) is 11.2.